The van der Waals surface area contributed by atoms with Crippen LogP contribution >= 0.6 is 11.3 Å². The van der Waals surface area contributed by atoms with Crippen molar-refractivity contribution in [2.24, 2.45) is 0 Å². The van der Waals surface area contributed by atoms with E-state index in [1.165, 1.54) is 12.7 Å². The van der Waals surface area contributed by atoms with Crippen LogP contribution in [0.1, 0.15) is 12.0 Å². The number of carbonyl (C=O) groups is 1. The molecular weight excluding hydrogens is 248 g/mol. The van der Waals surface area contributed by atoms with E-state index in [9.17, 15) is 4.79 Å². The molecule has 0 bridgehead atoms. The zero-order chi connectivity index (χ0) is 12.8. The summed E-state index contributed by atoms with van der Waals surface area (Å²) in [6.45, 7) is 6.11. The second-order valence-electron chi connectivity index (χ2n) is 4.58. The summed E-state index contributed by atoms with van der Waals surface area (Å²) in [6, 6.07) is 2.19. The molecule has 0 radical (unpaired) electrons. The molecule has 1 aromatic rings. The van der Waals surface area contributed by atoms with Crippen LogP contribution in [-0.4, -0.2) is 55.6 Å². The molecule has 0 N–H and O–H groups in total. The van der Waals surface area contributed by atoms with Gasteiger partial charge in [-0.15, -0.1) is 0 Å². The Morgan fingerprint density at radius 3 is 2.67 bits per heavy atom. The third-order valence-electron chi connectivity index (χ3n) is 3.31. The summed E-state index contributed by atoms with van der Waals surface area (Å²) in [5, 5.41) is 4.34. The Morgan fingerprint density at radius 2 is 2.06 bits per heavy atom. The lowest BCUT2D eigenvalue weighted by Gasteiger charge is -2.34. The summed E-state index contributed by atoms with van der Waals surface area (Å²) in [7, 11) is 1.45. The Kier molecular flexibility index (Phi) is 5.16. The minimum atomic E-state index is -0.115. The standard InChI is InChI=1S/C13H20N2O2S/c1-17-13(16)2-4-14-5-7-15(8-6-14)10-12-3-9-18-11-12/h3,9,11H,2,4-8,10H2,1H3. The highest BCUT2D eigenvalue weighted by molar-refractivity contribution is 7.07. The van der Waals surface area contributed by atoms with E-state index >= 15 is 0 Å². The first kappa shape index (κ1) is 13.5. The van der Waals surface area contributed by atoms with Crippen molar-refractivity contribution in [1.29, 1.82) is 0 Å². The number of ether oxygens (including phenoxy) is 1. The van der Waals surface area contributed by atoms with E-state index < -0.39 is 0 Å². The van der Waals surface area contributed by atoms with Gasteiger partial charge >= 0.3 is 5.97 Å². The molecule has 1 aliphatic rings. The molecule has 4 nitrogen and oxygen atoms in total. The monoisotopic (exact) mass is 268 g/mol. The van der Waals surface area contributed by atoms with Crippen molar-refractivity contribution in [1.82, 2.24) is 9.80 Å². The second kappa shape index (κ2) is 6.87. The average Bonchev–Trinajstić information content (AvgIpc) is 2.90. The number of piperazine rings is 1. The topological polar surface area (TPSA) is 32.8 Å². The maximum atomic E-state index is 11.1. The maximum absolute atomic E-state index is 11.1. The normalized spacial score (nSPS) is 17.8. The van der Waals surface area contributed by atoms with Crippen LogP contribution in [0, 0.1) is 0 Å². The first-order chi connectivity index (χ1) is 8.78. The number of thiophene rings is 1. The summed E-state index contributed by atoms with van der Waals surface area (Å²) < 4.78 is 4.66. The van der Waals surface area contributed by atoms with Crippen molar-refractivity contribution < 1.29 is 9.53 Å². The number of esters is 1. The molecule has 18 heavy (non-hydrogen) atoms. The second-order valence-corrected chi connectivity index (χ2v) is 5.36. The predicted molar refractivity (Wildman–Crippen MR) is 72.7 cm³/mol. The fourth-order valence-corrected chi connectivity index (χ4v) is 2.82. The van der Waals surface area contributed by atoms with Crippen molar-refractivity contribution in [3.05, 3.63) is 22.4 Å². The zero-order valence-corrected chi connectivity index (χ0v) is 11.6. The van der Waals surface area contributed by atoms with Crippen molar-refractivity contribution >= 4 is 17.3 Å². The number of rotatable bonds is 5. The third kappa shape index (κ3) is 4.08. The fraction of sp³-hybridized carbons (Fsp3) is 0.615. The van der Waals surface area contributed by atoms with Crippen LogP contribution in [0.25, 0.3) is 0 Å². The molecule has 5 heteroatoms. The van der Waals surface area contributed by atoms with Gasteiger partial charge in [0, 0.05) is 39.3 Å². The molecule has 0 atom stereocenters. The Morgan fingerprint density at radius 1 is 1.33 bits per heavy atom. The lowest BCUT2D eigenvalue weighted by atomic mass is 10.2. The molecule has 0 spiro atoms. The zero-order valence-electron chi connectivity index (χ0n) is 10.8. The van der Waals surface area contributed by atoms with Gasteiger partial charge in [0.1, 0.15) is 0 Å². The maximum Gasteiger partial charge on any atom is 0.306 e. The van der Waals surface area contributed by atoms with Gasteiger partial charge in [-0.25, -0.2) is 0 Å². The summed E-state index contributed by atoms with van der Waals surface area (Å²) in [5.41, 5.74) is 1.41. The lowest BCUT2D eigenvalue weighted by molar-refractivity contribution is -0.141. The van der Waals surface area contributed by atoms with E-state index in [1.54, 1.807) is 11.3 Å². The number of hydrogen-bond acceptors (Lipinski definition) is 5. The predicted octanol–water partition coefficient (Wildman–Crippen LogP) is 1.43. The largest absolute Gasteiger partial charge is 0.469 e. The minimum absolute atomic E-state index is 0.115. The number of nitrogens with zero attached hydrogens (tertiary/aromatic N) is 2. The van der Waals surface area contributed by atoms with E-state index in [2.05, 4.69) is 31.4 Å². The summed E-state index contributed by atoms with van der Waals surface area (Å²) in [5.74, 6) is -0.115. The Bertz CT molecular complexity index is 359. The smallest absolute Gasteiger partial charge is 0.306 e. The quantitative estimate of drug-likeness (QED) is 0.756. The SMILES string of the molecule is COC(=O)CCN1CCN(Cc2ccsc2)CC1. The van der Waals surface area contributed by atoms with Crippen molar-refractivity contribution in [3.8, 4) is 0 Å². The molecule has 0 amide bonds. The van der Waals surface area contributed by atoms with Gasteiger partial charge in [0.2, 0.25) is 0 Å². The highest BCUT2D eigenvalue weighted by atomic mass is 32.1. The minimum Gasteiger partial charge on any atom is -0.469 e. The average molecular weight is 268 g/mol. The fourth-order valence-electron chi connectivity index (χ4n) is 2.16. The van der Waals surface area contributed by atoms with Gasteiger partial charge in [0.05, 0.1) is 13.5 Å². The molecule has 0 saturated carbocycles. The molecule has 0 aromatic carbocycles. The van der Waals surface area contributed by atoms with Crippen molar-refractivity contribution in [2.45, 2.75) is 13.0 Å². The van der Waals surface area contributed by atoms with Crippen molar-refractivity contribution in [3.63, 3.8) is 0 Å². The lowest BCUT2D eigenvalue weighted by Crippen LogP contribution is -2.46. The van der Waals surface area contributed by atoms with E-state index in [4.69, 9.17) is 0 Å². The Balaban J connectivity index is 1.66. The van der Waals surface area contributed by atoms with Gasteiger partial charge < -0.3 is 9.64 Å². The molecule has 100 valence electrons. The van der Waals surface area contributed by atoms with E-state index in [0.29, 0.717) is 6.42 Å². The van der Waals surface area contributed by atoms with Crippen LogP contribution in [0.4, 0.5) is 0 Å². The summed E-state index contributed by atoms with van der Waals surface area (Å²) in [6.07, 6.45) is 0.501. The van der Waals surface area contributed by atoms with E-state index in [-0.39, 0.29) is 5.97 Å². The Hall–Kier alpha value is -0.910. The van der Waals surface area contributed by atoms with Gasteiger partial charge in [-0.2, -0.15) is 11.3 Å². The van der Waals surface area contributed by atoms with Crippen LogP contribution in [0.2, 0.25) is 0 Å². The third-order valence-corrected chi connectivity index (χ3v) is 4.04. The van der Waals surface area contributed by atoms with Crippen LogP contribution < -0.4 is 0 Å². The number of carbonyl (C=O) groups excluding carboxylic acids is 1. The first-order valence-corrected chi connectivity index (χ1v) is 7.25. The summed E-state index contributed by atoms with van der Waals surface area (Å²) >= 11 is 1.75. The van der Waals surface area contributed by atoms with Gasteiger partial charge in [-0.1, -0.05) is 0 Å². The highest BCUT2D eigenvalue weighted by Crippen LogP contribution is 2.11. The van der Waals surface area contributed by atoms with Crippen LogP contribution in [-0.2, 0) is 16.1 Å². The molecule has 1 aromatic heterocycles. The highest BCUT2D eigenvalue weighted by Gasteiger charge is 2.17. The molecule has 2 rings (SSSR count). The van der Waals surface area contributed by atoms with Gasteiger partial charge in [-0.3, -0.25) is 9.69 Å². The molecule has 1 aliphatic heterocycles. The molecule has 1 saturated heterocycles. The Labute approximate surface area is 112 Å². The number of hydrogen-bond donors (Lipinski definition) is 0. The molecular formula is C13H20N2O2S. The van der Waals surface area contributed by atoms with Gasteiger partial charge in [0.15, 0.2) is 0 Å². The molecule has 0 aliphatic carbocycles. The van der Waals surface area contributed by atoms with Gasteiger partial charge in [-0.05, 0) is 22.4 Å². The van der Waals surface area contributed by atoms with Gasteiger partial charge in [0.25, 0.3) is 0 Å². The van der Waals surface area contributed by atoms with Crippen LogP contribution in [0.3, 0.4) is 0 Å². The van der Waals surface area contributed by atoms with Crippen LogP contribution in [0.5, 0.6) is 0 Å². The van der Waals surface area contributed by atoms with Crippen LogP contribution in [0.15, 0.2) is 16.8 Å². The number of methoxy groups -OCH3 is 1. The van der Waals surface area contributed by atoms with E-state index in [0.717, 1.165) is 39.3 Å². The molecule has 2 heterocycles. The first-order valence-electron chi connectivity index (χ1n) is 6.30. The van der Waals surface area contributed by atoms with Crippen molar-refractivity contribution in [2.75, 3.05) is 39.8 Å². The summed E-state index contributed by atoms with van der Waals surface area (Å²) in [4.78, 5) is 15.9. The molecule has 1 fully saturated rings. The van der Waals surface area contributed by atoms with E-state index in [1.807, 2.05) is 0 Å². The molecule has 0 unspecified atom stereocenters.